The molecule has 0 unspecified atom stereocenters. The smallest absolute Gasteiger partial charge is 1.00 e. The van der Waals surface area contributed by atoms with Crippen LogP contribution >= 0.6 is 0 Å². The van der Waals surface area contributed by atoms with Crippen molar-refractivity contribution < 1.29 is 192 Å². The van der Waals surface area contributed by atoms with Crippen molar-refractivity contribution in [3.63, 3.8) is 0 Å². The minimum Gasteiger partial charge on any atom is -1.00 e. The molecule has 0 aliphatic carbocycles. The molecular formula is C6H9FeK3N6O3. The molecule has 9 nitrogen and oxygen atoms in total. The number of nitrogens with zero attached hydrogens (tertiary/aromatic N) is 6. The van der Waals surface area contributed by atoms with Gasteiger partial charge >= 0.3 is 171 Å². The topological polar surface area (TPSA) is 237 Å². The first-order chi connectivity index (χ1) is 6.00. The molecule has 0 saturated heterocycles. The van der Waals surface area contributed by atoms with E-state index in [9.17, 15) is 0 Å². The minimum absolute atomic E-state index is 0. The first kappa shape index (κ1) is 128. The zero-order valence-electron chi connectivity index (χ0n) is 13.5. The van der Waals surface area contributed by atoms with Crippen molar-refractivity contribution in [1.29, 1.82) is 31.6 Å². The molecule has 92 valence electrons. The summed E-state index contributed by atoms with van der Waals surface area (Å²) >= 11 is 0. The molecule has 13 heteroatoms. The van der Waals surface area contributed by atoms with Gasteiger partial charge in [0.15, 0.2) is 0 Å². The maximum atomic E-state index is 6.25. The van der Waals surface area contributed by atoms with Crippen LogP contribution in [0.1, 0.15) is 4.28 Å². The van der Waals surface area contributed by atoms with E-state index >= 15 is 0 Å². The van der Waals surface area contributed by atoms with Gasteiger partial charge in [-0.15, -0.1) is 0 Å². The molecule has 0 aliphatic heterocycles. The normalized spacial score (nSPS) is 0.632. The third-order valence-corrected chi connectivity index (χ3v) is 0. The van der Waals surface area contributed by atoms with Crippen LogP contribution in [0, 0.1) is 71.0 Å². The molecule has 19 heavy (non-hydrogen) atoms. The largest absolute Gasteiger partial charge is 6.00 e. The minimum atomic E-state index is 0. The second kappa shape index (κ2) is 1480. The van der Waals surface area contributed by atoms with Crippen LogP contribution in [0.15, 0.2) is 0 Å². The molecule has 0 atom stereocenters. The van der Waals surface area contributed by atoms with Crippen molar-refractivity contribution >= 4 is 0 Å². The van der Waals surface area contributed by atoms with Crippen LogP contribution in [0.2, 0.25) is 0 Å². The van der Waals surface area contributed by atoms with Crippen molar-refractivity contribution in [2.24, 2.45) is 0 Å². The summed E-state index contributed by atoms with van der Waals surface area (Å²) < 4.78 is 0. The molecule has 0 aromatic rings. The fraction of sp³-hybridized carbons (Fsp3) is 0. The summed E-state index contributed by atoms with van der Waals surface area (Å²) in [4.78, 5) is 0. The van der Waals surface area contributed by atoms with Crippen molar-refractivity contribution in [3.05, 3.63) is 39.4 Å². The van der Waals surface area contributed by atoms with E-state index in [4.69, 9.17) is 71.0 Å². The van der Waals surface area contributed by atoms with Gasteiger partial charge in [0.1, 0.15) is 0 Å². The van der Waals surface area contributed by atoms with Gasteiger partial charge in [-0.3, -0.25) is 0 Å². The summed E-state index contributed by atoms with van der Waals surface area (Å²) in [5.74, 6) is 0. The second-order valence-corrected chi connectivity index (χ2v) is 0. The molecule has 0 bridgehead atoms. The standard InChI is InChI=1S/6CN.Fe.3K.3H2O.3H/c6*1-2;;;;;;;;;;/h;;;;;;;;;;3*1H2;;;/q6*-1;+6;3*+1;;;;3*-1. The van der Waals surface area contributed by atoms with E-state index in [0.29, 0.717) is 0 Å². The molecule has 6 N–H and O–H groups in total. The molecular weight excluding hydrogens is 377 g/mol. The van der Waals surface area contributed by atoms with Crippen LogP contribution in [0.25, 0.3) is 0 Å². The van der Waals surface area contributed by atoms with Gasteiger partial charge in [-0.2, -0.15) is 0 Å². The van der Waals surface area contributed by atoms with E-state index < -0.39 is 0 Å². The summed E-state index contributed by atoms with van der Waals surface area (Å²) in [6.07, 6.45) is 0. The quantitative estimate of drug-likeness (QED) is 0.289. The Morgan fingerprint density at radius 2 is 0.368 bits per heavy atom. The van der Waals surface area contributed by atoms with Gasteiger partial charge in [0, 0.05) is 0 Å². The van der Waals surface area contributed by atoms with Crippen molar-refractivity contribution in [2.45, 2.75) is 0 Å². The first-order valence-corrected chi connectivity index (χ1v) is 1.34. The second-order valence-electron chi connectivity index (χ2n) is 0. The molecule has 0 amide bonds. The van der Waals surface area contributed by atoms with Crippen LogP contribution in [-0.2, 0) is 17.1 Å². The zero-order chi connectivity index (χ0) is 12.0. The van der Waals surface area contributed by atoms with E-state index in [-0.39, 0.29) is 192 Å². The van der Waals surface area contributed by atoms with Gasteiger partial charge in [-0.05, 0) is 0 Å². The van der Waals surface area contributed by atoms with Gasteiger partial charge in [0.25, 0.3) is 0 Å². The summed E-state index contributed by atoms with van der Waals surface area (Å²) in [6, 6.07) is 0. The van der Waals surface area contributed by atoms with Crippen LogP contribution < -0.4 is 154 Å². The predicted molar refractivity (Wildman–Crippen MR) is 44.0 cm³/mol. The van der Waals surface area contributed by atoms with Crippen molar-refractivity contribution in [2.75, 3.05) is 0 Å². The van der Waals surface area contributed by atoms with E-state index in [0.717, 1.165) is 0 Å². The average molecular weight is 386 g/mol. The first-order valence-electron chi connectivity index (χ1n) is 1.34. The van der Waals surface area contributed by atoms with Crippen LogP contribution in [0.4, 0.5) is 0 Å². The summed E-state index contributed by atoms with van der Waals surface area (Å²) in [7, 11) is 0. The Labute approximate surface area is 256 Å². The molecule has 0 rings (SSSR count). The van der Waals surface area contributed by atoms with Crippen LogP contribution in [0.3, 0.4) is 0 Å². The van der Waals surface area contributed by atoms with Crippen LogP contribution in [0.5, 0.6) is 0 Å². The third-order valence-electron chi connectivity index (χ3n) is 0. The molecule has 0 spiro atoms. The summed E-state index contributed by atoms with van der Waals surface area (Å²) in [5, 5.41) is 37.5. The summed E-state index contributed by atoms with van der Waals surface area (Å²) in [6.45, 7) is 28.5. The fourth-order valence-electron chi connectivity index (χ4n) is 0. The SMILES string of the molecule is O.O.O.[C-]#N.[C-]#N.[C-]#N.[C-]#N.[C-]#N.[C-]#N.[Fe+6].[H-].[H-].[H-].[K+].[K+].[K+]. The maximum Gasteiger partial charge on any atom is 6.00 e. The van der Waals surface area contributed by atoms with E-state index in [2.05, 4.69) is 0 Å². The molecule has 0 aliphatic rings. The summed E-state index contributed by atoms with van der Waals surface area (Å²) in [5.41, 5.74) is 0. The van der Waals surface area contributed by atoms with E-state index in [1.54, 1.807) is 0 Å². The zero-order valence-corrected chi connectivity index (χ0v) is 21.0. The maximum absolute atomic E-state index is 6.25. The van der Waals surface area contributed by atoms with E-state index in [1.807, 2.05) is 0 Å². The van der Waals surface area contributed by atoms with Gasteiger partial charge in [0.2, 0.25) is 0 Å². The molecule has 0 heterocycles. The molecule has 0 saturated carbocycles. The monoisotopic (exact) mass is 386 g/mol. The van der Waals surface area contributed by atoms with Crippen LogP contribution in [-0.4, -0.2) is 16.4 Å². The average Bonchev–Trinajstić information content (AvgIpc) is 2.33. The molecule has 0 aromatic carbocycles. The van der Waals surface area contributed by atoms with E-state index in [1.165, 1.54) is 0 Å². The molecule has 0 fully saturated rings. The van der Waals surface area contributed by atoms with Gasteiger partial charge in [-0.1, -0.05) is 0 Å². The Morgan fingerprint density at radius 3 is 0.368 bits per heavy atom. The Morgan fingerprint density at radius 1 is 0.368 bits per heavy atom. The Hall–Kier alpha value is 2.25. The number of hydrogen-bond acceptors (Lipinski definition) is 6. The molecule has 0 radical (unpaired) electrons. The Kier molecular flexibility index (Phi) is 10000. The van der Waals surface area contributed by atoms with Gasteiger partial charge < -0.3 is 91.7 Å². The van der Waals surface area contributed by atoms with Crippen molar-refractivity contribution in [3.8, 4) is 0 Å². The Balaban J connectivity index is -0.00000000129. The molecule has 0 aromatic heterocycles. The fourth-order valence-corrected chi connectivity index (χ4v) is 0. The van der Waals surface area contributed by atoms with Crippen molar-refractivity contribution in [1.82, 2.24) is 0 Å². The van der Waals surface area contributed by atoms with Gasteiger partial charge in [0.05, 0.1) is 0 Å². The third kappa shape index (κ3) is 1330. The predicted octanol–water partition coefficient (Wildman–Crippen LogP) is -10.5. The Bertz CT molecular complexity index is 128. The van der Waals surface area contributed by atoms with Gasteiger partial charge in [-0.25, -0.2) is 0 Å². The number of hydrogen-bond donors (Lipinski definition) is 0. The number of rotatable bonds is 0.